The van der Waals surface area contributed by atoms with Crippen LogP contribution in [-0.2, 0) is 4.74 Å². The highest BCUT2D eigenvalue weighted by Crippen LogP contribution is 2.33. The van der Waals surface area contributed by atoms with E-state index in [1.165, 1.54) is 14.2 Å². The Balaban J connectivity index is 3.12. The van der Waals surface area contributed by atoms with Crippen LogP contribution in [0.4, 0.5) is 11.4 Å². The molecule has 0 saturated heterocycles. The molecule has 0 aliphatic carbocycles. The first-order valence-electron chi connectivity index (χ1n) is 5.14. The van der Waals surface area contributed by atoms with Crippen LogP contribution in [0.1, 0.15) is 10.4 Å². The van der Waals surface area contributed by atoms with E-state index in [4.69, 9.17) is 16.2 Å². The molecule has 0 heterocycles. The van der Waals surface area contributed by atoms with Crippen molar-refractivity contribution in [2.45, 2.75) is 0 Å². The predicted octanol–water partition coefficient (Wildman–Crippen LogP) is 0.435. The zero-order valence-corrected chi connectivity index (χ0v) is 9.95. The van der Waals surface area contributed by atoms with E-state index in [9.17, 15) is 4.79 Å². The van der Waals surface area contributed by atoms with Gasteiger partial charge in [-0.1, -0.05) is 0 Å². The lowest BCUT2D eigenvalue weighted by atomic mass is 10.1. The molecule has 0 amide bonds. The number of carbonyl (C=O) groups excluding carboxylic acids is 1. The van der Waals surface area contributed by atoms with Crippen molar-refractivity contribution in [3.05, 3.63) is 17.7 Å². The van der Waals surface area contributed by atoms with E-state index in [-0.39, 0.29) is 0 Å². The molecule has 0 atom stereocenters. The van der Waals surface area contributed by atoms with Crippen molar-refractivity contribution in [1.29, 1.82) is 0 Å². The first-order chi connectivity index (χ1) is 8.15. The van der Waals surface area contributed by atoms with Crippen molar-refractivity contribution in [3.63, 3.8) is 0 Å². The molecule has 5 N–H and O–H groups in total. The fourth-order valence-electron chi connectivity index (χ4n) is 1.45. The average Bonchev–Trinajstić information content (AvgIpc) is 2.36. The molecule has 94 valence electrons. The number of methoxy groups -OCH3 is 2. The van der Waals surface area contributed by atoms with Crippen molar-refractivity contribution >= 4 is 17.3 Å². The molecule has 6 heteroatoms. The lowest BCUT2D eigenvalue weighted by Crippen LogP contribution is -2.15. The van der Waals surface area contributed by atoms with Crippen molar-refractivity contribution < 1.29 is 14.3 Å². The number of hydrogen-bond acceptors (Lipinski definition) is 6. The largest absolute Gasteiger partial charge is 0.494 e. The number of ether oxygens (including phenoxy) is 2. The molecule has 0 saturated carbocycles. The van der Waals surface area contributed by atoms with Gasteiger partial charge in [0.1, 0.15) is 5.56 Å². The number of nitrogens with two attached hydrogens (primary N) is 2. The van der Waals surface area contributed by atoms with E-state index in [0.29, 0.717) is 35.8 Å². The van der Waals surface area contributed by atoms with Gasteiger partial charge in [0, 0.05) is 13.1 Å². The number of hydrogen-bond donors (Lipinski definition) is 3. The number of esters is 1. The second-order valence-electron chi connectivity index (χ2n) is 3.31. The lowest BCUT2D eigenvalue weighted by molar-refractivity contribution is 0.0597. The molecule has 0 unspecified atom stereocenters. The summed E-state index contributed by atoms with van der Waals surface area (Å²) in [5, 5.41) is 3.04. The SMILES string of the molecule is COC(=O)c1ccc(NCCN)c(N)c1OC. The molecule has 17 heavy (non-hydrogen) atoms. The van der Waals surface area contributed by atoms with Gasteiger partial charge in [-0.3, -0.25) is 0 Å². The zero-order valence-electron chi connectivity index (χ0n) is 9.95. The molecule has 0 radical (unpaired) electrons. The fourth-order valence-corrected chi connectivity index (χ4v) is 1.45. The van der Waals surface area contributed by atoms with Crippen LogP contribution in [0, 0.1) is 0 Å². The first-order valence-corrected chi connectivity index (χ1v) is 5.14. The summed E-state index contributed by atoms with van der Waals surface area (Å²) in [5.74, 6) is -0.183. The van der Waals surface area contributed by atoms with Gasteiger partial charge in [0.05, 0.1) is 25.6 Å². The molecule has 1 aromatic rings. The molecule has 0 spiro atoms. The molecule has 6 nitrogen and oxygen atoms in total. The van der Waals surface area contributed by atoms with E-state index in [1.54, 1.807) is 12.1 Å². The van der Waals surface area contributed by atoms with Gasteiger partial charge in [-0.05, 0) is 12.1 Å². The smallest absolute Gasteiger partial charge is 0.341 e. The van der Waals surface area contributed by atoms with Gasteiger partial charge in [-0.25, -0.2) is 4.79 Å². The molecule has 1 aromatic carbocycles. The molecule has 0 fully saturated rings. The van der Waals surface area contributed by atoms with Crippen LogP contribution in [0.25, 0.3) is 0 Å². The Hall–Kier alpha value is -1.95. The van der Waals surface area contributed by atoms with Crippen molar-refractivity contribution in [1.82, 2.24) is 0 Å². The summed E-state index contributed by atoms with van der Waals surface area (Å²) in [7, 11) is 2.75. The first kappa shape index (κ1) is 13.1. The van der Waals surface area contributed by atoms with Gasteiger partial charge < -0.3 is 26.3 Å². The molecule has 0 aliphatic heterocycles. The van der Waals surface area contributed by atoms with Gasteiger partial charge in [0.25, 0.3) is 0 Å². The third-order valence-corrected chi connectivity index (χ3v) is 2.27. The summed E-state index contributed by atoms with van der Waals surface area (Å²) < 4.78 is 9.76. The Bertz CT molecular complexity index is 407. The fraction of sp³-hybridized carbons (Fsp3) is 0.364. The summed E-state index contributed by atoms with van der Waals surface area (Å²) in [4.78, 5) is 11.5. The zero-order chi connectivity index (χ0) is 12.8. The highest BCUT2D eigenvalue weighted by Gasteiger charge is 2.17. The predicted molar refractivity (Wildman–Crippen MR) is 66.3 cm³/mol. The maximum Gasteiger partial charge on any atom is 0.341 e. The van der Waals surface area contributed by atoms with E-state index >= 15 is 0 Å². The van der Waals surface area contributed by atoms with E-state index in [0.717, 1.165) is 0 Å². The summed E-state index contributed by atoms with van der Waals surface area (Å²) in [6, 6.07) is 3.29. The van der Waals surface area contributed by atoms with Crippen LogP contribution < -0.4 is 21.5 Å². The summed E-state index contributed by atoms with van der Waals surface area (Å²) in [6.45, 7) is 1.07. The Morgan fingerprint density at radius 3 is 2.65 bits per heavy atom. The average molecular weight is 239 g/mol. The van der Waals surface area contributed by atoms with E-state index < -0.39 is 5.97 Å². The van der Waals surface area contributed by atoms with Crippen LogP contribution in [-0.4, -0.2) is 33.3 Å². The van der Waals surface area contributed by atoms with Crippen LogP contribution in [0.3, 0.4) is 0 Å². The molecule has 0 bridgehead atoms. The van der Waals surface area contributed by atoms with E-state index in [2.05, 4.69) is 10.1 Å². The molecular weight excluding hydrogens is 222 g/mol. The van der Waals surface area contributed by atoms with Gasteiger partial charge in [-0.2, -0.15) is 0 Å². The number of nitrogens with one attached hydrogen (secondary N) is 1. The van der Waals surface area contributed by atoms with Crippen LogP contribution >= 0.6 is 0 Å². The number of benzene rings is 1. The highest BCUT2D eigenvalue weighted by molar-refractivity contribution is 5.96. The highest BCUT2D eigenvalue weighted by atomic mass is 16.5. The normalized spacial score (nSPS) is 9.82. The summed E-state index contributed by atoms with van der Waals surface area (Å²) in [6.07, 6.45) is 0. The second kappa shape index (κ2) is 5.95. The van der Waals surface area contributed by atoms with Crippen LogP contribution in [0.5, 0.6) is 5.75 Å². The maximum absolute atomic E-state index is 11.5. The molecule has 1 rings (SSSR count). The van der Waals surface area contributed by atoms with Gasteiger partial charge in [0.2, 0.25) is 0 Å². The lowest BCUT2D eigenvalue weighted by Gasteiger charge is -2.14. The topological polar surface area (TPSA) is 99.6 Å². The third kappa shape index (κ3) is 2.79. The monoisotopic (exact) mass is 239 g/mol. The second-order valence-corrected chi connectivity index (χ2v) is 3.31. The Morgan fingerprint density at radius 2 is 2.12 bits per heavy atom. The molecule has 0 aliphatic rings. The van der Waals surface area contributed by atoms with Crippen LogP contribution in [0.2, 0.25) is 0 Å². The number of rotatable bonds is 5. The van der Waals surface area contributed by atoms with Crippen molar-refractivity contribution in [3.8, 4) is 5.75 Å². The Morgan fingerprint density at radius 1 is 1.41 bits per heavy atom. The minimum Gasteiger partial charge on any atom is -0.494 e. The quantitative estimate of drug-likeness (QED) is 0.509. The minimum absolute atomic E-state index is 0.297. The summed E-state index contributed by atoms with van der Waals surface area (Å²) >= 11 is 0. The van der Waals surface area contributed by atoms with Crippen molar-refractivity contribution in [2.24, 2.45) is 5.73 Å². The van der Waals surface area contributed by atoms with Crippen LogP contribution in [0.15, 0.2) is 12.1 Å². The minimum atomic E-state index is -0.487. The number of nitrogen functional groups attached to an aromatic ring is 1. The summed E-state index contributed by atoms with van der Waals surface area (Å²) in [5.41, 5.74) is 12.6. The Labute approximate surface area is 99.9 Å². The number of carbonyl (C=O) groups is 1. The van der Waals surface area contributed by atoms with Gasteiger partial charge in [-0.15, -0.1) is 0 Å². The molecular formula is C11H17N3O3. The Kier molecular flexibility index (Phi) is 4.59. The molecule has 0 aromatic heterocycles. The maximum atomic E-state index is 11.5. The van der Waals surface area contributed by atoms with E-state index in [1.807, 2.05) is 0 Å². The number of anilines is 2. The van der Waals surface area contributed by atoms with Gasteiger partial charge >= 0.3 is 5.97 Å². The van der Waals surface area contributed by atoms with Gasteiger partial charge in [0.15, 0.2) is 5.75 Å². The standard InChI is InChI=1S/C11H17N3O3/c1-16-10-7(11(15)17-2)3-4-8(9(10)13)14-6-5-12/h3-4,14H,5-6,12-13H2,1-2H3. The van der Waals surface area contributed by atoms with Crippen molar-refractivity contribution in [2.75, 3.05) is 38.4 Å². The third-order valence-electron chi connectivity index (χ3n) is 2.27.